The molecule has 5 N–H and O–H groups in total. The molecule has 0 aromatic rings. The molecule has 0 aromatic heterocycles. The molecule has 6 aliphatic rings. The van der Waals surface area contributed by atoms with Crippen LogP contribution in [-0.2, 0) is 47.7 Å². The molecule has 436 valence electrons. The minimum absolute atomic E-state index is 0.127. The molecule has 4 unspecified atom stereocenters. The molecule has 0 spiro atoms. The van der Waals surface area contributed by atoms with Crippen molar-refractivity contribution in [1.29, 1.82) is 0 Å². The molecule has 5 aliphatic heterocycles. The second-order valence-corrected chi connectivity index (χ2v) is 30.1. The number of rotatable bonds is 10. The van der Waals surface area contributed by atoms with Crippen molar-refractivity contribution < 1.29 is 73.7 Å². The predicted molar refractivity (Wildman–Crippen MR) is 277 cm³/mol. The second-order valence-electron chi connectivity index (χ2n) is 30.1. The molecule has 5 saturated heterocycles. The molecule has 0 radical (unpaired) electrons. The molecule has 20 heteroatoms. The minimum atomic E-state index is -1.76. The van der Waals surface area contributed by atoms with Gasteiger partial charge in [-0.3, -0.25) is 24.0 Å². The first-order valence-corrected chi connectivity index (χ1v) is 27.7. The topological polar surface area (TPSA) is 249 Å². The van der Waals surface area contributed by atoms with Crippen LogP contribution in [0.25, 0.3) is 0 Å². The molecule has 6 rings (SSSR count). The Labute approximate surface area is 452 Å². The summed E-state index contributed by atoms with van der Waals surface area (Å²) >= 11 is 0. The van der Waals surface area contributed by atoms with Crippen LogP contribution in [0.4, 0.5) is 0 Å². The van der Waals surface area contributed by atoms with Gasteiger partial charge in [-0.25, -0.2) is 0 Å². The Morgan fingerprint density at radius 3 is 0.592 bits per heavy atom. The first-order chi connectivity index (χ1) is 34.2. The third-order valence-electron chi connectivity index (χ3n) is 18.0. The number of nitrogens with zero attached hydrogens (tertiary/aromatic N) is 5. The van der Waals surface area contributed by atoms with E-state index in [4.69, 9.17) is 23.7 Å². The third kappa shape index (κ3) is 12.5. The second kappa shape index (κ2) is 20.5. The van der Waals surface area contributed by atoms with Gasteiger partial charge in [-0.15, -0.1) is 0 Å². The molecular formula is C56H97N5O15. The van der Waals surface area contributed by atoms with Crippen LogP contribution in [0.2, 0.25) is 0 Å². The van der Waals surface area contributed by atoms with Crippen molar-refractivity contribution in [2.75, 3.05) is 0 Å². The summed E-state index contributed by atoms with van der Waals surface area (Å²) in [6.07, 6.45) is -6.87. The van der Waals surface area contributed by atoms with Crippen LogP contribution < -0.4 is 0 Å². The number of carbonyl (C=O) groups is 5. The van der Waals surface area contributed by atoms with Gasteiger partial charge >= 0.3 is 29.8 Å². The van der Waals surface area contributed by atoms with Crippen LogP contribution in [0, 0.1) is 29.6 Å². The fourth-order valence-corrected chi connectivity index (χ4v) is 15.1. The first kappa shape index (κ1) is 62.2. The van der Waals surface area contributed by atoms with Gasteiger partial charge in [-0.2, -0.15) is 25.3 Å². The molecule has 0 bridgehead atoms. The number of hydroxylamine groups is 10. The highest BCUT2D eigenvalue weighted by molar-refractivity contribution is 5.77. The molecule has 0 aromatic carbocycles. The standard InChI is InChI=1S/C56H97N5O15/c1-47(2)22-32(23-48(3,4)57(47)67)42(62)72-37-21-38(73-43(63)33-24-49(5,6)58(68)50(7,8)25-33)40(75-45(65)35-28-53(13,14)60(70)54(15,16)29-35)41(76-46(66)36-30-55(17,18)61(71)56(19,20)31-36)39(37)74-44(64)34-26-51(9,10)59(69)52(11,12)27-34/h32-41,67-71H,21-31H2,1-20H3. The third-order valence-corrected chi connectivity index (χ3v) is 18.0. The number of esters is 5. The SMILES string of the molecule is CC1(C)CC(C(=O)OC2CC(OC(=O)C3CC(C)(C)N(O)C(C)(C)C3)C(OC(=O)C3CC(C)(C)N(O)C(C)(C)C3)C(OC(=O)C3CC(C)(C)N(O)C(C)(C)C3)C2OC(=O)C2CC(C)(C)N(O)C(C)(C)C2)CC(C)(C)N1O. The normalized spacial score (nSPS) is 33.1. The van der Waals surface area contributed by atoms with E-state index in [9.17, 15) is 35.6 Å². The van der Waals surface area contributed by atoms with Crippen molar-refractivity contribution in [3.05, 3.63) is 0 Å². The van der Waals surface area contributed by atoms with Crippen molar-refractivity contribution in [3.63, 3.8) is 0 Å². The average Bonchev–Trinajstić information content (AvgIpc) is 3.25. The number of hydrogen-bond acceptors (Lipinski definition) is 20. The van der Waals surface area contributed by atoms with Crippen LogP contribution in [0.3, 0.4) is 0 Å². The van der Waals surface area contributed by atoms with Crippen LogP contribution in [-0.4, -0.2) is 167 Å². The van der Waals surface area contributed by atoms with E-state index in [0.29, 0.717) is 0 Å². The van der Waals surface area contributed by atoms with Gasteiger partial charge in [0.05, 0.1) is 29.6 Å². The van der Waals surface area contributed by atoms with Gasteiger partial charge in [0.15, 0.2) is 18.3 Å². The quantitative estimate of drug-likeness (QED) is 0.102. The molecule has 76 heavy (non-hydrogen) atoms. The van der Waals surface area contributed by atoms with E-state index < -0.39 is 145 Å². The lowest BCUT2D eigenvalue weighted by atomic mass is 9.74. The Hall–Kier alpha value is -3.05. The molecule has 1 aliphatic carbocycles. The van der Waals surface area contributed by atoms with Crippen molar-refractivity contribution in [2.45, 2.75) is 295 Å². The lowest BCUT2D eigenvalue weighted by molar-refractivity contribution is -0.267. The minimum Gasteiger partial charge on any atom is -0.458 e. The number of hydrogen-bond donors (Lipinski definition) is 5. The number of carbonyl (C=O) groups excluding carboxylic acids is 5. The van der Waals surface area contributed by atoms with E-state index in [-0.39, 0.29) is 70.6 Å². The lowest BCUT2D eigenvalue weighted by Crippen LogP contribution is -2.65. The lowest BCUT2D eigenvalue weighted by Gasteiger charge is -2.52. The maximum Gasteiger partial charge on any atom is 0.309 e. The first-order valence-electron chi connectivity index (χ1n) is 27.7. The Bertz CT molecular complexity index is 1990. The van der Waals surface area contributed by atoms with Crippen LogP contribution >= 0.6 is 0 Å². The van der Waals surface area contributed by atoms with E-state index in [1.54, 1.807) is 83.1 Å². The van der Waals surface area contributed by atoms with E-state index in [0.717, 1.165) is 0 Å². The largest absolute Gasteiger partial charge is 0.458 e. The van der Waals surface area contributed by atoms with E-state index in [2.05, 4.69) is 0 Å². The smallest absolute Gasteiger partial charge is 0.309 e. The zero-order valence-corrected chi connectivity index (χ0v) is 49.6. The van der Waals surface area contributed by atoms with Gasteiger partial charge in [-0.1, -0.05) is 0 Å². The summed E-state index contributed by atoms with van der Waals surface area (Å²) in [7, 11) is 0. The van der Waals surface area contributed by atoms with Gasteiger partial charge < -0.3 is 49.7 Å². The molecule has 0 amide bonds. The Morgan fingerprint density at radius 1 is 0.276 bits per heavy atom. The maximum absolute atomic E-state index is 15.2. The fourth-order valence-electron chi connectivity index (χ4n) is 15.1. The summed E-state index contributed by atoms with van der Waals surface area (Å²) in [6, 6.07) is 0. The summed E-state index contributed by atoms with van der Waals surface area (Å²) in [6.45, 7) is 36.1. The van der Waals surface area contributed by atoms with E-state index >= 15 is 14.4 Å². The fraction of sp³-hybridized carbons (Fsp3) is 0.911. The molecule has 6 fully saturated rings. The Morgan fingerprint density at radius 2 is 0.421 bits per heavy atom. The van der Waals surface area contributed by atoms with Crippen LogP contribution in [0.5, 0.6) is 0 Å². The van der Waals surface area contributed by atoms with E-state index in [1.165, 1.54) is 25.3 Å². The zero-order chi connectivity index (χ0) is 57.9. The predicted octanol–water partition coefficient (Wildman–Crippen LogP) is 8.24. The zero-order valence-electron chi connectivity index (χ0n) is 49.6. The summed E-state index contributed by atoms with van der Waals surface area (Å²) in [5.74, 6) is -7.76. The van der Waals surface area contributed by atoms with Gasteiger partial charge in [-0.05, 0) is 203 Å². The Balaban J connectivity index is 1.52. The van der Waals surface area contributed by atoms with Crippen LogP contribution in [0.1, 0.15) is 209 Å². The highest BCUT2D eigenvalue weighted by Gasteiger charge is 2.60. The maximum atomic E-state index is 15.2. The molecule has 4 atom stereocenters. The van der Waals surface area contributed by atoms with Gasteiger partial charge in [0.2, 0.25) is 0 Å². The van der Waals surface area contributed by atoms with Crippen molar-refractivity contribution in [1.82, 2.24) is 25.3 Å². The number of ether oxygens (including phenoxy) is 5. The van der Waals surface area contributed by atoms with Gasteiger partial charge in [0.25, 0.3) is 0 Å². The molecular weight excluding hydrogens is 983 g/mol. The number of piperidine rings is 5. The monoisotopic (exact) mass is 1080 g/mol. The highest BCUT2D eigenvalue weighted by atomic mass is 16.7. The van der Waals surface area contributed by atoms with E-state index in [1.807, 2.05) is 55.4 Å². The summed E-state index contributed by atoms with van der Waals surface area (Å²) < 4.78 is 33.1. The molecule has 1 saturated carbocycles. The van der Waals surface area contributed by atoms with Crippen molar-refractivity contribution >= 4 is 29.8 Å². The van der Waals surface area contributed by atoms with Gasteiger partial charge in [0, 0.05) is 61.8 Å². The molecule has 20 nitrogen and oxygen atoms in total. The summed E-state index contributed by atoms with van der Waals surface area (Å²) in [5.41, 5.74) is -9.00. The van der Waals surface area contributed by atoms with Crippen LogP contribution in [0.15, 0.2) is 0 Å². The summed E-state index contributed by atoms with van der Waals surface area (Å²) in [5, 5.41) is 62.5. The van der Waals surface area contributed by atoms with Crippen molar-refractivity contribution in [2.24, 2.45) is 29.6 Å². The Kier molecular flexibility index (Phi) is 16.8. The average molecular weight is 1080 g/mol. The highest BCUT2D eigenvalue weighted by Crippen LogP contribution is 2.48. The van der Waals surface area contributed by atoms with Crippen molar-refractivity contribution in [3.8, 4) is 0 Å². The van der Waals surface area contributed by atoms with Gasteiger partial charge in [0.1, 0.15) is 12.2 Å². The summed E-state index contributed by atoms with van der Waals surface area (Å²) in [4.78, 5) is 75.2. The molecule has 5 heterocycles.